The maximum absolute atomic E-state index is 13.3. The molecule has 0 N–H and O–H groups in total. The fraction of sp³-hybridized carbons (Fsp3) is 0.318. The standard InChI is InChI=1S/C22H25N3O/c1-23-12-7-13-24(15-14-23)22(26)21-16-19-10-5-6-11-20(19)25(21)17-18-8-3-2-4-9-18/h2-6,8-11,16H,7,12-15,17H2,1H3. The van der Waals surface area contributed by atoms with E-state index in [1.807, 2.05) is 35.2 Å². The summed E-state index contributed by atoms with van der Waals surface area (Å²) in [6.07, 6.45) is 1.03. The number of carbonyl (C=O) groups is 1. The summed E-state index contributed by atoms with van der Waals surface area (Å²) in [6.45, 7) is 4.32. The molecule has 1 fully saturated rings. The third-order valence-electron chi connectivity index (χ3n) is 5.22. The number of rotatable bonds is 3. The molecule has 4 nitrogen and oxygen atoms in total. The van der Waals surface area contributed by atoms with Crippen molar-refractivity contribution in [2.45, 2.75) is 13.0 Å². The fourth-order valence-electron chi connectivity index (χ4n) is 3.74. The van der Waals surface area contributed by atoms with Gasteiger partial charge in [-0.05, 0) is 37.7 Å². The Morgan fingerprint density at radius 2 is 1.69 bits per heavy atom. The highest BCUT2D eigenvalue weighted by Crippen LogP contribution is 2.23. The molecule has 1 amide bonds. The lowest BCUT2D eigenvalue weighted by Crippen LogP contribution is -2.35. The second-order valence-corrected chi connectivity index (χ2v) is 7.11. The molecule has 0 atom stereocenters. The number of hydrogen-bond donors (Lipinski definition) is 0. The molecule has 4 heteroatoms. The number of para-hydroxylation sites is 1. The van der Waals surface area contributed by atoms with Crippen LogP contribution in [0.2, 0.25) is 0 Å². The van der Waals surface area contributed by atoms with Crippen molar-refractivity contribution < 1.29 is 4.79 Å². The van der Waals surface area contributed by atoms with E-state index < -0.39 is 0 Å². The van der Waals surface area contributed by atoms with E-state index >= 15 is 0 Å². The van der Waals surface area contributed by atoms with Gasteiger partial charge in [-0.1, -0.05) is 48.5 Å². The number of nitrogens with zero attached hydrogens (tertiary/aromatic N) is 3. The van der Waals surface area contributed by atoms with Crippen LogP contribution in [-0.4, -0.2) is 53.5 Å². The molecule has 3 aromatic rings. The topological polar surface area (TPSA) is 28.5 Å². The average Bonchev–Trinajstić information content (AvgIpc) is 2.88. The number of amides is 1. The van der Waals surface area contributed by atoms with Crippen LogP contribution in [0, 0.1) is 0 Å². The van der Waals surface area contributed by atoms with Crippen LogP contribution in [0.4, 0.5) is 0 Å². The van der Waals surface area contributed by atoms with Gasteiger partial charge < -0.3 is 14.4 Å². The van der Waals surface area contributed by atoms with E-state index in [0.717, 1.165) is 49.2 Å². The van der Waals surface area contributed by atoms with Crippen molar-refractivity contribution in [2.75, 3.05) is 33.2 Å². The van der Waals surface area contributed by atoms with Crippen molar-refractivity contribution >= 4 is 16.8 Å². The Bertz CT molecular complexity index is 900. The zero-order chi connectivity index (χ0) is 17.9. The van der Waals surface area contributed by atoms with E-state index in [2.05, 4.69) is 46.8 Å². The largest absolute Gasteiger partial charge is 0.336 e. The van der Waals surface area contributed by atoms with Gasteiger partial charge in [0.05, 0.1) is 0 Å². The van der Waals surface area contributed by atoms with Gasteiger partial charge in [0.2, 0.25) is 0 Å². The van der Waals surface area contributed by atoms with Crippen LogP contribution >= 0.6 is 0 Å². The molecule has 0 bridgehead atoms. The van der Waals surface area contributed by atoms with Gasteiger partial charge in [-0.15, -0.1) is 0 Å². The van der Waals surface area contributed by atoms with E-state index in [4.69, 9.17) is 0 Å². The molecule has 0 saturated carbocycles. The molecule has 2 heterocycles. The molecule has 0 unspecified atom stereocenters. The molecule has 0 radical (unpaired) electrons. The van der Waals surface area contributed by atoms with Crippen molar-refractivity contribution in [1.29, 1.82) is 0 Å². The van der Waals surface area contributed by atoms with Crippen molar-refractivity contribution in [2.24, 2.45) is 0 Å². The van der Waals surface area contributed by atoms with Crippen molar-refractivity contribution in [3.05, 3.63) is 71.9 Å². The Kier molecular flexibility index (Phi) is 4.76. The number of hydrogen-bond acceptors (Lipinski definition) is 2. The first-order valence-corrected chi connectivity index (χ1v) is 9.32. The zero-order valence-electron chi connectivity index (χ0n) is 15.3. The van der Waals surface area contributed by atoms with Gasteiger partial charge in [-0.3, -0.25) is 4.79 Å². The highest BCUT2D eigenvalue weighted by atomic mass is 16.2. The number of fused-ring (bicyclic) bond motifs is 1. The van der Waals surface area contributed by atoms with Gasteiger partial charge in [0.1, 0.15) is 5.69 Å². The minimum absolute atomic E-state index is 0.146. The molecule has 0 spiro atoms. The molecular formula is C22H25N3O. The minimum Gasteiger partial charge on any atom is -0.336 e. The van der Waals surface area contributed by atoms with Crippen LogP contribution in [0.25, 0.3) is 10.9 Å². The van der Waals surface area contributed by atoms with Crippen LogP contribution in [0.15, 0.2) is 60.7 Å². The molecular weight excluding hydrogens is 322 g/mol. The van der Waals surface area contributed by atoms with Gasteiger partial charge in [-0.2, -0.15) is 0 Å². The fourth-order valence-corrected chi connectivity index (χ4v) is 3.74. The lowest BCUT2D eigenvalue weighted by molar-refractivity contribution is 0.0753. The van der Waals surface area contributed by atoms with E-state index in [-0.39, 0.29) is 5.91 Å². The van der Waals surface area contributed by atoms with Gasteiger partial charge in [0.25, 0.3) is 5.91 Å². The summed E-state index contributed by atoms with van der Waals surface area (Å²) in [5.74, 6) is 0.146. The lowest BCUT2D eigenvalue weighted by Gasteiger charge is -2.21. The Morgan fingerprint density at radius 3 is 2.54 bits per heavy atom. The van der Waals surface area contributed by atoms with E-state index in [1.165, 1.54) is 5.56 Å². The van der Waals surface area contributed by atoms with Crippen LogP contribution < -0.4 is 0 Å². The number of carbonyl (C=O) groups excluding carboxylic acids is 1. The second-order valence-electron chi connectivity index (χ2n) is 7.11. The molecule has 1 aliphatic heterocycles. The average molecular weight is 347 g/mol. The smallest absolute Gasteiger partial charge is 0.270 e. The SMILES string of the molecule is CN1CCCN(C(=O)c2cc3ccccc3n2Cc2ccccc2)CC1. The summed E-state index contributed by atoms with van der Waals surface area (Å²) in [5, 5.41) is 1.12. The first-order chi connectivity index (χ1) is 12.7. The quantitative estimate of drug-likeness (QED) is 0.726. The summed E-state index contributed by atoms with van der Waals surface area (Å²) in [5.41, 5.74) is 3.12. The molecule has 4 rings (SSSR count). The van der Waals surface area contributed by atoms with E-state index in [0.29, 0.717) is 6.54 Å². The van der Waals surface area contributed by atoms with E-state index in [9.17, 15) is 4.79 Å². The van der Waals surface area contributed by atoms with Crippen LogP contribution in [0.3, 0.4) is 0 Å². The number of aromatic nitrogens is 1. The first-order valence-electron chi connectivity index (χ1n) is 9.32. The van der Waals surface area contributed by atoms with Crippen LogP contribution in [0.5, 0.6) is 0 Å². The summed E-state index contributed by atoms with van der Waals surface area (Å²) >= 11 is 0. The van der Waals surface area contributed by atoms with Gasteiger partial charge >= 0.3 is 0 Å². The maximum Gasteiger partial charge on any atom is 0.270 e. The Balaban J connectivity index is 1.71. The highest BCUT2D eigenvalue weighted by Gasteiger charge is 2.23. The monoisotopic (exact) mass is 347 g/mol. The van der Waals surface area contributed by atoms with Crippen molar-refractivity contribution in [1.82, 2.24) is 14.4 Å². The number of likely N-dealkylation sites (N-methyl/N-ethyl adjacent to an activating group) is 1. The Morgan fingerprint density at radius 1 is 0.923 bits per heavy atom. The molecule has 2 aromatic carbocycles. The predicted octanol–water partition coefficient (Wildman–Crippen LogP) is 3.47. The molecule has 1 aromatic heterocycles. The van der Waals surface area contributed by atoms with Crippen molar-refractivity contribution in [3.63, 3.8) is 0 Å². The van der Waals surface area contributed by atoms with E-state index in [1.54, 1.807) is 0 Å². The lowest BCUT2D eigenvalue weighted by atomic mass is 10.2. The van der Waals surface area contributed by atoms with Gasteiger partial charge in [-0.25, -0.2) is 0 Å². The maximum atomic E-state index is 13.3. The summed E-state index contributed by atoms with van der Waals surface area (Å²) in [6, 6.07) is 20.7. The summed E-state index contributed by atoms with van der Waals surface area (Å²) < 4.78 is 2.17. The van der Waals surface area contributed by atoms with Gasteiger partial charge in [0, 0.05) is 37.1 Å². The third kappa shape index (κ3) is 3.37. The molecule has 1 aliphatic rings. The molecule has 26 heavy (non-hydrogen) atoms. The van der Waals surface area contributed by atoms with Crippen LogP contribution in [0.1, 0.15) is 22.5 Å². The summed E-state index contributed by atoms with van der Waals surface area (Å²) in [4.78, 5) is 17.6. The van der Waals surface area contributed by atoms with Gasteiger partial charge in [0.15, 0.2) is 0 Å². The Labute approximate surface area is 154 Å². The highest BCUT2D eigenvalue weighted by molar-refractivity contribution is 5.98. The first kappa shape index (κ1) is 16.9. The Hall–Kier alpha value is -2.59. The second kappa shape index (κ2) is 7.34. The molecule has 0 aliphatic carbocycles. The zero-order valence-corrected chi connectivity index (χ0v) is 15.3. The molecule has 134 valence electrons. The van der Waals surface area contributed by atoms with Crippen LogP contribution in [-0.2, 0) is 6.54 Å². The van der Waals surface area contributed by atoms with Crippen molar-refractivity contribution in [3.8, 4) is 0 Å². The predicted molar refractivity (Wildman–Crippen MR) is 105 cm³/mol. The third-order valence-corrected chi connectivity index (χ3v) is 5.22. The normalized spacial score (nSPS) is 16.0. The molecule has 1 saturated heterocycles. The number of benzene rings is 2. The minimum atomic E-state index is 0.146. The summed E-state index contributed by atoms with van der Waals surface area (Å²) in [7, 11) is 2.13.